The highest BCUT2D eigenvalue weighted by Crippen LogP contribution is 2.19. The molecule has 96 valence electrons. The van der Waals surface area contributed by atoms with Crippen LogP contribution in [0.2, 0.25) is 0 Å². The van der Waals surface area contributed by atoms with Gasteiger partial charge in [-0.1, -0.05) is 6.92 Å². The first-order chi connectivity index (χ1) is 7.69. The number of rotatable bonds is 9. The van der Waals surface area contributed by atoms with Gasteiger partial charge in [0.1, 0.15) is 0 Å². The summed E-state index contributed by atoms with van der Waals surface area (Å²) in [5, 5.41) is 3.65. The first-order valence-corrected chi connectivity index (χ1v) is 8.02. The number of hydrogen-bond donors (Lipinski definition) is 1. The van der Waals surface area contributed by atoms with Crippen LogP contribution in [-0.2, 0) is 0 Å². The van der Waals surface area contributed by atoms with E-state index in [9.17, 15) is 0 Å². The monoisotopic (exact) mass is 244 g/mol. The minimum Gasteiger partial charge on any atom is -0.312 e. The van der Waals surface area contributed by atoms with Crippen LogP contribution in [0.3, 0.4) is 0 Å². The molecule has 1 rings (SSSR count). The van der Waals surface area contributed by atoms with Crippen LogP contribution in [0.1, 0.15) is 39.5 Å². The summed E-state index contributed by atoms with van der Waals surface area (Å²) in [6.07, 6.45) is 7.53. The van der Waals surface area contributed by atoms with Gasteiger partial charge in [-0.15, -0.1) is 0 Å². The van der Waals surface area contributed by atoms with Crippen molar-refractivity contribution in [2.75, 3.05) is 25.6 Å². The lowest BCUT2D eigenvalue weighted by molar-refractivity contribution is 0.172. The quantitative estimate of drug-likeness (QED) is 0.671. The summed E-state index contributed by atoms with van der Waals surface area (Å²) in [6, 6.07) is 2.25. The first-order valence-electron chi connectivity index (χ1n) is 6.63. The Bertz CT molecular complexity index is 183. The number of likely N-dealkylation sites (N-methyl/N-ethyl adjacent to an activating group) is 1. The maximum atomic E-state index is 3.65. The normalized spacial score (nSPS) is 20.1. The van der Waals surface area contributed by atoms with E-state index in [2.05, 4.69) is 37.4 Å². The molecule has 1 N–H and O–H groups in total. The molecule has 0 amide bonds. The Kier molecular flexibility index (Phi) is 6.78. The molecule has 16 heavy (non-hydrogen) atoms. The molecule has 0 aromatic rings. The highest BCUT2D eigenvalue weighted by Gasteiger charge is 2.23. The molecule has 0 aromatic carbocycles. The lowest BCUT2D eigenvalue weighted by atomic mass is 10.1. The highest BCUT2D eigenvalue weighted by molar-refractivity contribution is 7.98. The summed E-state index contributed by atoms with van der Waals surface area (Å²) in [4.78, 5) is 2.56. The van der Waals surface area contributed by atoms with E-state index in [1.165, 1.54) is 38.0 Å². The highest BCUT2D eigenvalue weighted by atomic mass is 32.2. The predicted octanol–water partition coefficient (Wildman–Crippen LogP) is 2.59. The Labute approximate surface area is 106 Å². The van der Waals surface area contributed by atoms with E-state index >= 15 is 0 Å². The van der Waals surface area contributed by atoms with Crippen LogP contribution < -0.4 is 5.32 Å². The molecule has 0 bridgehead atoms. The molecule has 0 aliphatic heterocycles. The van der Waals surface area contributed by atoms with E-state index in [1.54, 1.807) is 0 Å². The van der Waals surface area contributed by atoms with Crippen molar-refractivity contribution in [3.8, 4) is 0 Å². The Morgan fingerprint density at radius 3 is 2.62 bits per heavy atom. The Hall–Kier alpha value is 0.270. The summed E-state index contributed by atoms with van der Waals surface area (Å²) in [6.45, 7) is 5.83. The lowest BCUT2D eigenvalue weighted by Gasteiger charge is -2.33. The fourth-order valence-electron chi connectivity index (χ4n) is 2.02. The van der Waals surface area contributed by atoms with E-state index in [0.717, 1.165) is 6.04 Å². The second kappa shape index (κ2) is 7.57. The van der Waals surface area contributed by atoms with E-state index in [1.807, 2.05) is 11.8 Å². The third kappa shape index (κ3) is 5.07. The van der Waals surface area contributed by atoms with Crippen molar-refractivity contribution in [1.29, 1.82) is 0 Å². The Morgan fingerprint density at radius 1 is 1.44 bits per heavy atom. The fourth-order valence-corrected chi connectivity index (χ4v) is 2.60. The molecule has 1 aliphatic rings. The molecule has 1 saturated carbocycles. The molecule has 2 atom stereocenters. The largest absolute Gasteiger partial charge is 0.312 e. The maximum absolute atomic E-state index is 3.65. The zero-order valence-electron chi connectivity index (χ0n) is 11.3. The topological polar surface area (TPSA) is 15.3 Å². The van der Waals surface area contributed by atoms with Gasteiger partial charge in [-0.3, -0.25) is 4.90 Å². The van der Waals surface area contributed by atoms with Crippen molar-refractivity contribution in [2.24, 2.45) is 0 Å². The van der Waals surface area contributed by atoms with E-state index in [-0.39, 0.29) is 0 Å². The van der Waals surface area contributed by atoms with Crippen LogP contribution in [0.15, 0.2) is 0 Å². The first kappa shape index (κ1) is 14.3. The van der Waals surface area contributed by atoms with Crippen LogP contribution in [0.5, 0.6) is 0 Å². The van der Waals surface area contributed by atoms with Crippen LogP contribution in [0, 0.1) is 0 Å². The average Bonchev–Trinajstić information content (AvgIpc) is 3.10. The third-order valence-corrected chi connectivity index (χ3v) is 4.35. The standard InChI is InChI=1S/C13H28N2S/c1-5-13(10-14-12-6-7-12)15(3)11(2)8-9-16-4/h11-14H,5-10H2,1-4H3. The summed E-state index contributed by atoms with van der Waals surface area (Å²) >= 11 is 1.95. The van der Waals surface area contributed by atoms with Gasteiger partial charge in [-0.05, 0) is 51.7 Å². The lowest BCUT2D eigenvalue weighted by Crippen LogP contribution is -2.44. The smallest absolute Gasteiger partial charge is 0.0217 e. The van der Waals surface area contributed by atoms with Crippen molar-refractivity contribution >= 4 is 11.8 Å². The van der Waals surface area contributed by atoms with Crippen LogP contribution in [-0.4, -0.2) is 48.6 Å². The van der Waals surface area contributed by atoms with Crippen LogP contribution >= 0.6 is 11.8 Å². The van der Waals surface area contributed by atoms with Gasteiger partial charge in [-0.2, -0.15) is 11.8 Å². The van der Waals surface area contributed by atoms with E-state index in [4.69, 9.17) is 0 Å². The van der Waals surface area contributed by atoms with Crippen molar-refractivity contribution in [1.82, 2.24) is 10.2 Å². The molecule has 3 heteroatoms. The molecule has 0 aromatic heterocycles. The van der Waals surface area contributed by atoms with Crippen molar-refractivity contribution in [3.05, 3.63) is 0 Å². The molecule has 2 unspecified atom stereocenters. The van der Waals surface area contributed by atoms with E-state index < -0.39 is 0 Å². The number of thioether (sulfide) groups is 1. The van der Waals surface area contributed by atoms with Crippen molar-refractivity contribution in [3.63, 3.8) is 0 Å². The molecular formula is C13H28N2S. The number of nitrogens with zero attached hydrogens (tertiary/aromatic N) is 1. The van der Waals surface area contributed by atoms with Crippen molar-refractivity contribution < 1.29 is 0 Å². The second-order valence-electron chi connectivity index (χ2n) is 5.04. The number of nitrogens with one attached hydrogen (secondary N) is 1. The summed E-state index contributed by atoms with van der Waals surface area (Å²) in [7, 11) is 2.29. The Balaban J connectivity index is 2.24. The predicted molar refractivity (Wildman–Crippen MR) is 75.3 cm³/mol. The van der Waals surface area contributed by atoms with Gasteiger partial charge in [-0.25, -0.2) is 0 Å². The SMILES string of the molecule is CCC(CNC1CC1)N(C)C(C)CCSC. The molecule has 1 aliphatic carbocycles. The molecule has 0 spiro atoms. The van der Waals surface area contributed by atoms with Gasteiger partial charge < -0.3 is 5.32 Å². The molecule has 2 nitrogen and oxygen atoms in total. The Morgan fingerprint density at radius 2 is 2.12 bits per heavy atom. The van der Waals surface area contributed by atoms with E-state index in [0.29, 0.717) is 12.1 Å². The zero-order valence-corrected chi connectivity index (χ0v) is 12.1. The molecule has 0 heterocycles. The van der Waals surface area contributed by atoms with Gasteiger partial charge in [0, 0.05) is 24.7 Å². The zero-order chi connectivity index (χ0) is 12.0. The van der Waals surface area contributed by atoms with Gasteiger partial charge in [0.15, 0.2) is 0 Å². The van der Waals surface area contributed by atoms with Crippen LogP contribution in [0.25, 0.3) is 0 Å². The van der Waals surface area contributed by atoms with Gasteiger partial charge >= 0.3 is 0 Å². The van der Waals surface area contributed by atoms with Gasteiger partial charge in [0.05, 0.1) is 0 Å². The second-order valence-corrected chi connectivity index (χ2v) is 6.03. The molecule has 0 saturated heterocycles. The van der Waals surface area contributed by atoms with Gasteiger partial charge in [0.25, 0.3) is 0 Å². The third-order valence-electron chi connectivity index (χ3n) is 3.70. The minimum absolute atomic E-state index is 0.706. The maximum Gasteiger partial charge on any atom is 0.0217 e. The number of hydrogen-bond acceptors (Lipinski definition) is 3. The molecular weight excluding hydrogens is 216 g/mol. The summed E-state index contributed by atoms with van der Waals surface area (Å²) < 4.78 is 0. The fraction of sp³-hybridized carbons (Fsp3) is 1.00. The van der Waals surface area contributed by atoms with Gasteiger partial charge in [0.2, 0.25) is 0 Å². The van der Waals surface area contributed by atoms with Crippen molar-refractivity contribution in [2.45, 2.75) is 57.7 Å². The van der Waals surface area contributed by atoms with Crippen LogP contribution in [0.4, 0.5) is 0 Å². The molecule has 0 radical (unpaired) electrons. The summed E-state index contributed by atoms with van der Waals surface area (Å²) in [5.41, 5.74) is 0. The summed E-state index contributed by atoms with van der Waals surface area (Å²) in [5.74, 6) is 1.28. The average molecular weight is 244 g/mol. The minimum atomic E-state index is 0.706. The molecule has 1 fully saturated rings.